The average Bonchev–Trinajstić information content (AvgIpc) is 2.47. The molecule has 1 aromatic carbocycles. The number of anilines is 1. The summed E-state index contributed by atoms with van der Waals surface area (Å²) in [6.07, 6.45) is 3.42. The van der Waals surface area contributed by atoms with E-state index < -0.39 is 0 Å². The number of aromatic nitrogens is 1. The largest absolute Gasteiger partial charge is 0.484 e. The Hall–Kier alpha value is -1.78. The van der Waals surface area contributed by atoms with Crippen molar-refractivity contribution in [2.24, 2.45) is 0 Å². The molecule has 0 fully saturated rings. The van der Waals surface area contributed by atoms with Gasteiger partial charge in [0.1, 0.15) is 11.9 Å². The van der Waals surface area contributed by atoms with Crippen molar-refractivity contribution in [3.8, 4) is 16.9 Å². The molecule has 110 valence electrons. The van der Waals surface area contributed by atoms with Crippen LogP contribution in [0.2, 0.25) is 5.02 Å². The number of rotatable bonds is 2. The Labute approximate surface area is 128 Å². The zero-order valence-corrected chi connectivity index (χ0v) is 12.7. The van der Waals surface area contributed by atoms with Crippen LogP contribution >= 0.6 is 11.6 Å². The first kappa shape index (κ1) is 14.2. The maximum Gasteiger partial charge on any atom is 0.143 e. The van der Waals surface area contributed by atoms with Gasteiger partial charge in [-0.25, -0.2) is 0 Å². The maximum absolute atomic E-state index is 9.25. The molecule has 1 aliphatic heterocycles. The fourth-order valence-electron chi connectivity index (χ4n) is 2.65. The van der Waals surface area contributed by atoms with Gasteiger partial charge in [-0.1, -0.05) is 11.6 Å². The van der Waals surface area contributed by atoms with E-state index in [1.807, 2.05) is 38.4 Å². The summed E-state index contributed by atoms with van der Waals surface area (Å²) in [5, 5.41) is 13.1. The number of ether oxygens (including phenoxy) is 1. The summed E-state index contributed by atoms with van der Waals surface area (Å²) in [6, 6.07) is 3.81. The molecular weight excluding hydrogens is 288 g/mol. The predicted octanol–water partition coefficient (Wildman–Crippen LogP) is 3.18. The second-order valence-corrected chi connectivity index (χ2v) is 5.69. The highest BCUT2D eigenvalue weighted by Crippen LogP contribution is 2.40. The van der Waals surface area contributed by atoms with Gasteiger partial charge in [-0.2, -0.15) is 0 Å². The monoisotopic (exact) mass is 304 g/mol. The van der Waals surface area contributed by atoms with Crippen molar-refractivity contribution in [3.63, 3.8) is 0 Å². The van der Waals surface area contributed by atoms with Gasteiger partial charge in [-0.3, -0.25) is 4.98 Å². The summed E-state index contributed by atoms with van der Waals surface area (Å²) in [7, 11) is 0. The van der Waals surface area contributed by atoms with Gasteiger partial charge in [-0.15, -0.1) is 0 Å². The third-order valence-electron chi connectivity index (χ3n) is 3.68. The number of halogens is 1. The van der Waals surface area contributed by atoms with Crippen LogP contribution in [0, 0.1) is 13.8 Å². The van der Waals surface area contributed by atoms with E-state index in [1.54, 1.807) is 0 Å². The van der Waals surface area contributed by atoms with Crippen molar-refractivity contribution in [2.45, 2.75) is 20.0 Å². The zero-order valence-electron chi connectivity index (χ0n) is 12.0. The van der Waals surface area contributed by atoms with Crippen molar-refractivity contribution in [2.75, 3.05) is 18.5 Å². The quantitative estimate of drug-likeness (QED) is 0.895. The van der Waals surface area contributed by atoms with E-state index in [0.29, 0.717) is 11.6 Å². The highest BCUT2D eigenvalue weighted by molar-refractivity contribution is 6.33. The fourth-order valence-corrected chi connectivity index (χ4v) is 2.91. The SMILES string of the molecule is Cc1cncc(C)c1-c1cc2c(cc1Cl)NCC(CO)O2. The molecule has 1 aromatic heterocycles. The molecule has 21 heavy (non-hydrogen) atoms. The van der Waals surface area contributed by atoms with Gasteiger partial charge in [-0.05, 0) is 42.7 Å². The van der Waals surface area contributed by atoms with Crippen LogP contribution in [0.15, 0.2) is 24.5 Å². The van der Waals surface area contributed by atoms with Crippen LogP contribution in [0.5, 0.6) is 5.75 Å². The van der Waals surface area contributed by atoms with Crippen molar-refractivity contribution in [1.29, 1.82) is 0 Å². The molecule has 2 N–H and O–H groups in total. The molecule has 4 nitrogen and oxygen atoms in total. The molecule has 2 aromatic rings. The van der Waals surface area contributed by atoms with Gasteiger partial charge in [0.15, 0.2) is 0 Å². The minimum absolute atomic E-state index is 0.0162. The van der Waals surface area contributed by atoms with E-state index in [2.05, 4.69) is 10.3 Å². The number of nitrogens with zero attached hydrogens (tertiary/aromatic N) is 1. The molecule has 0 aliphatic carbocycles. The second-order valence-electron chi connectivity index (χ2n) is 5.28. The molecule has 0 amide bonds. The molecule has 0 spiro atoms. The summed E-state index contributed by atoms with van der Waals surface area (Å²) in [6.45, 7) is 4.59. The van der Waals surface area contributed by atoms with E-state index in [4.69, 9.17) is 16.3 Å². The molecule has 0 radical (unpaired) electrons. The molecule has 5 heteroatoms. The number of nitrogens with one attached hydrogen (secondary N) is 1. The van der Waals surface area contributed by atoms with E-state index in [1.165, 1.54) is 0 Å². The predicted molar refractivity (Wildman–Crippen MR) is 84.1 cm³/mol. The smallest absolute Gasteiger partial charge is 0.143 e. The summed E-state index contributed by atoms with van der Waals surface area (Å²) in [5.74, 6) is 0.718. The lowest BCUT2D eigenvalue weighted by Gasteiger charge is -2.27. The number of aliphatic hydroxyl groups is 1. The standard InChI is InChI=1S/C16H17ClN2O2/c1-9-5-18-6-10(2)16(9)12-3-15-14(4-13(12)17)19-7-11(8-20)21-15/h3-6,11,19-20H,7-8H2,1-2H3. The number of hydrogen-bond donors (Lipinski definition) is 2. The topological polar surface area (TPSA) is 54.4 Å². The molecule has 0 saturated carbocycles. The van der Waals surface area contributed by atoms with Gasteiger partial charge in [0.25, 0.3) is 0 Å². The number of aryl methyl sites for hydroxylation is 2. The highest BCUT2D eigenvalue weighted by Gasteiger charge is 2.21. The zero-order chi connectivity index (χ0) is 15.0. The Balaban J connectivity index is 2.12. The molecular formula is C16H17ClN2O2. The number of aliphatic hydroxyl groups excluding tert-OH is 1. The molecule has 0 bridgehead atoms. The van der Waals surface area contributed by atoms with Gasteiger partial charge in [0.2, 0.25) is 0 Å². The second kappa shape index (κ2) is 5.54. The summed E-state index contributed by atoms with van der Waals surface area (Å²) < 4.78 is 5.79. The maximum atomic E-state index is 9.25. The Bertz CT molecular complexity index is 668. The molecule has 1 atom stereocenters. The minimum Gasteiger partial charge on any atom is -0.484 e. The Morgan fingerprint density at radius 1 is 1.33 bits per heavy atom. The van der Waals surface area contributed by atoms with Gasteiger partial charge in [0.05, 0.1) is 23.9 Å². The third kappa shape index (κ3) is 2.57. The van der Waals surface area contributed by atoms with Crippen LogP contribution in [0.25, 0.3) is 11.1 Å². The molecule has 3 rings (SSSR count). The number of hydrogen-bond acceptors (Lipinski definition) is 4. The highest BCUT2D eigenvalue weighted by atomic mass is 35.5. The molecule has 1 aliphatic rings. The lowest BCUT2D eigenvalue weighted by molar-refractivity contribution is 0.120. The van der Waals surface area contributed by atoms with Crippen LogP contribution in [0.3, 0.4) is 0 Å². The van der Waals surface area contributed by atoms with Crippen LogP contribution in [0.4, 0.5) is 5.69 Å². The first-order valence-electron chi connectivity index (χ1n) is 6.86. The van der Waals surface area contributed by atoms with E-state index >= 15 is 0 Å². The minimum atomic E-state index is -0.230. The van der Waals surface area contributed by atoms with E-state index in [0.717, 1.165) is 33.7 Å². The van der Waals surface area contributed by atoms with Gasteiger partial charge < -0.3 is 15.2 Å². The summed E-state index contributed by atoms with van der Waals surface area (Å²) >= 11 is 6.44. The van der Waals surface area contributed by atoms with E-state index in [-0.39, 0.29) is 12.7 Å². The van der Waals surface area contributed by atoms with Crippen molar-refractivity contribution in [1.82, 2.24) is 4.98 Å². The van der Waals surface area contributed by atoms with Crippen LogP contribution in [0.1, 0.15) is 11.1 Å². The van der Waals surface area contributed by atoms with Crippen LogP contribution in [-0.4, -0.2) is 29.3 Å². The van der Waals surface area contributed by atoms with Crippen molar-refractivity contribution >= 4 is 17.3 Å². The normalized spacial score (nSPS) is 16.9. The number of fused-ring (bicyclic) bond motifs is 1. The summed E-state index contributed by atoms with van der Waals surface area (Å²) in [5.41, 5.74) is 5.00. The van der Waals surface area contributed by atoms with Crippen molar-refractivity contribution < 1.29 is 9.84 Å². The first-order valence-corrected chi connectivity index (χ1v) is 7.24. The van der Waals surface area contributed by atoms with Crippen LogP contribution in [-0.2, 0) is 0 Å². The Morgan fingerprint density at radius 2 is 2.05 bits per heavy atom. The summed E-state index contributed by atoms with van der Waals surface area (Å²) in [4.78, 5) is 4.19. The number of benzene rings is 1. The van der Waals surface area contributed by atoms with Gasteiger partial charge >= 0.3 is 0 Å². The molecule has 1 unspecified atom stereocenters. The average molecular weight is 305 g/mol. The van der Waals surface area contributed by atoms with Crippen LogP contribution < -0.4 is 10.1 Å². The fraction of sp³-hybridized carbons (Fsp3) is 0.312. The Morgan fingerprint density at radius 3 is 2.71 bits per heavy atom. The van der Waals surface area contributed by atoms with Gasteiger partial charge in [0, 0.05) is 18.0 Å². The lowest BCUT2D eigenvalue weighted by atomic mass is 9.97. The van der Waals surface area contributed by atoms with E-state index in [9.17, 15) is 5.11 Å². The first-order chi connectivity index (χ1) is 10.1. The molecule has 0 saturated heterocycles. The molecule has 2 heterocycles. The third-order valence-corrected chi connectivity index (χ3v) is 3.99. The number of pyridine rings is 1. The Kier molecular flexibility index (Phi) is 3.74. The van der Waals surface area contributed by atoms with Crippen molar-refractivity contribution in [3.05, 3.63) is 40.7 Å². The lowest BCUT2D eigenvalue weighted by Crippen LogP contribution is -2.33.